The second kappa shape index (κ2) is 13.1. The van der Waals surface area contributed by atoms with Gasteiger partial charge in [0.25, 0.3) is 0 Å². The Labute approximate surface area is 174 Å². The van der Waals surface area contributed by atoms with E-state index < -0.39 is 11.6 Å². The third-order valence-corrected chi connectivity index (χ3v) is 4.93. The fourth-order valence-corrected chi connectivity index (χ4v) is 3.09. The second-order valence-corrected chi connectivity index (χ2v) is 7.43. The summed E-state index contributed by atoms with van der Waals surface area (Å²) in [6, 6.07) is 10.9. The molecule has 2 nitrogen and oxygen atoms in total. The zero-order valence-corrected chi connectivity index (χ0v) is 17.7. The van der Waals surface area contributed by atoms with Crippen LogP contribution in [0.25, 0.3) is 0 Å². The Morgan fingerprint density at radius 2 is 1.48 bits per heavy atom. The molecule has 0 aliphatic heterocycles. The molecule has 0 atom stereocenters. The molecule has 0 N–H and O–H groups in total. The number of rotatable bonds is 13. The van der Waals surface area contributed by atoms with Crippen molar-refractivity contribution in [1.29, 1.82) is 0 Å². The first-order valence-electron chi connectivity index (χ1n) is 10.9. The van der Waals surface area contributed by atoms with E-state index >= 15 is 0 Å². The number of unbranched alkanes of at least 4 members (excludes halogenated alkanes) is 6. The molecule has 0 bridgehead atoms. The Kier molecular flexibility index (Phi) is 10.4. The minimum atomic E-state index is -0.972. The van der Waals surface area contributed by atoms with Gasteiger partial charge in [0.1, 0.15) is 5.69 Å². The number of ether oxygens (including phenoxy) is 1. The highest BCUT2D eigenvalue weighted by molar-refractivity contribution is 5.82. The Hall–Kier alpha value is -2.23. The van der Waals surface area contributed by atoms with Crippen LogP contribution in [0.4, 0.5) is 14.5 Å². The third kappa shape index (κ3) is 7.96. The average molecular weight is 402 g/mol. The lowest BCUT2D eigenvalue weighted by Crippen LogP contribution is -2.01. The van der Waals surface area contributed by atoms with E-state index in [4.69, 9.17) is 4.74 Å². The molecule has 0 heterocycles. The SMILES string of the molecule is CCCCCCCCOc1ccc(N=Cc2ccc(CCCC)cc2)c(F)c1F. The van der Waals surface area contributed by atoms with Crippen LogP contribution in [0.1, 0.15) is 76.3 Å². The van der Waals surface area contributed by atoms with Crippen molar-refractivity contribution in [3.63, 3.8) is 0 Å². The molecule has 0 aromatic heterocycles. The van der Waals surface area contributed by atoms with Crippen LogP contribution in [-0.4, -0.2) is 12.8 Å². The lowest BCUT2D eigenvalue weighted by Gasteiger charge is -2.09. The van der Waals surface area contributed by atoms with E-state index in [2.05, 4.69) is 18.8 Å². The molecule has 2 aromatic carbocycles. The van der Waals surface area contributed by atoms with Gasteiger partial charge in [0.2, 0.25) is 5.82 Å². The van der Waals surface area contributed by atoms with E-state index in [1.165, 1.54) is 37.0 Å². The molecule has 0 spiro atoms. The average Bonchev–Trinajstić information content (AvgIpc) is 2.74. The number of aliphatic imine (C=N–C) groups is 1. The van der Waals surface area contributed by atoms with Gasteiger partial charge in [-0.1, -0.05) is 76.6 Å². The maximum Gasteiger partial charge on any atom is 0.202 e. The molecule has 0 radical (unpaired) electrons. The maximum atomic E-state index is 14.3. The summed E-state index contributed by atoms with van der Waals surface area (Å²) in [5.74, 6) is -1.99. The van der Waals surface area contributed by atoms with Crippen molar-refractivity contribution in [3.8, 4) is 5.75 Å². The normalized spacial score (nSPS) is 11.3. The summed E-state index contributed by atoms with van der Waals surface area (Å²) in [4.78, 5) is 4.11. The van der Waals surface area contributed by atoms with Crippen molar-refractivity contribution in [2.45, 2.75) is 71.6 Å². The van der Waals surface area contributed by atoms with E-state index in [0.29, 0.717) is 6.61 Å². The Balaban J connectivity index is 1.88. The molecule has 0 fully saturated rings. The van der Waals surface area contributed by atoms with Crippen LogP contribution in [0.2, 0.25) is 0 Å². The lowest BCUT2D eigenvalue weighted by molar-refractivity contribution is 0.285. The molecule has 0 saturated heterocycles. The number of aryl methyl sites for hydroxylation is 1. The zero-order valence-electron chi connectivity index (χ0n) is 17.7. The van der Waals surface area contributed by atoms with Gasteiger partial charge in [-0.15, -0.1) is 0 Å². The minimum Gasteiger partial charge on any atom is -0.490 e. The fourth-order valence-electron chi connectivity index (χ4n) is 3.09. The van der Waals surface area contributed by atoms with Crippen molar-refractivity contribution in [2.24, 2.45) is 4.99 Å². The van der Waals surface area contributed by atoms with E-state index in [1.807, 2.05) is 24.3 Å². The Bertz CT molecular complexity index is 756. The van der Waals surface area contributed by atoms with Crippen molar-refractivity contribution in [2.75, 3.05) is 6.61 Å². The van der Waals surface area contributed by atoms with Gasteiger partial charge in [0, 0.05) is 6.21 Å². The Morgan fingerprint density at radius 3 is 2.21 bits per heavy atom. The molecule has 0 unspecified atom stereocenters. The van der Waals surface area contributed by atoms with Gasteiger partial charge in [0.15, 0.2) is 11.6 Å². The number of nitrogens with zero attached hydrogens (tertiary/aromatic N) is 1. The first-order chi connectivity index (χ1) is 14.2. The second-order valence-electron chi connectivity index (χ2n) is 7.43. The first kappa shape index (κ1) is 23.1. The molecule has 0 amide bonds. The summed E-state index contributed by atoms with van der Waals surface area (Å²) in [7, 11) is 0. The molecule has 2 rings (SSSR count). The summed E-state index contributed by atoms with van der Waals surface area (Å²) in [6.45, 7) is 4.74. The van der Waals surface area contributed by atoms with Gasteiger partial charge >= 0.3 is 0 Å². The van der Waals surface area contributed by atoms with Gasteiger partial charge in [-0.25, -0.2) is 4.39 Å². The molecular weight excluding hydrogens is 368 g/mol. The van der Waals surface area contributed by atoms with Crippen LogP contribution in [0.5, 0.6) is 5.75 Å². The largest absolute Gasteiger partial charge is 0.490 e. The summed E-state index contributed by atoms with van der Waals surface area (Å²) in [6.07, 6.45) is 11.6. The quantitative estimate of drug-likeness (QED) is 0.248. The molecule has 0 aliphatic rings. The van der Waals surface area contributed by atoms with E-state index in [-0.39, 0.29) is 11.4 Å². The van der Waals surface area contributed by atoms with Gasteiger partial charge in [0.05, 0.1) is 6.61 Å². The smallest absolute Gasteiger partial charge is 0.202 e. The van der Waals surface area contributed by atoms with Gasteiger partial charge in [-0.05, 0) is 42.5 Å². The monoisotopic (exact) mass is 401 g/mol. The summed E-state index contributed by atoms with van der Waals surface area (Å²) >= 11 is 0. The fraction of sp³-hybridized carbons (Fsp3) is 0.480. The van der Waals surface area contributed by atoms with E-state index in [1.54, 1.807) is 6.21 Å². The lowest BCUT2D eigenvalue weighted by atomic mass is 10.1. The molecule has 29 heavy (non-hydrogen) atoms. The highest BCUT2D eigenvalue weighted by Gasteiger charge is 2.14. The highest BCUT2D eigenvalue weighted by Crippen LogP contribution is 2.28. The summed E-state index contributed by atoms with van der Waals surface area (Å²) < 4.78 is 34.0. The molecule has 2 aromatic rings. The number of halogens is 2. The standard InChI is InChI=1S/C25H33F2NO/c1-3-5-7-8-9-10-18-29-23-17-16-22(24(26)25(23)27)28-19-21-14-12-20(13-15-21)11-6-4-2/h12-17,19H,3-11,18H2,1-2H3. The van der Waals surface area contributed by atoms with Crippen molar-refractivity contribution < 1.29 is 13.5 Å². The van der Waals surface area contributed by atoms with Crippen molar-refractivity contribution in [3.05, 3.63) is 59.2 Å². The van der Waals surface area contributed by atoms with Gasteiger partial charge in [-0.2, -0.15) is 4.39 Å². The molecule has 4 heteroatoms. The minimum absolute atomic E-state index is 0.0236. The van der Waals surface area contributed by atoms with E-state index in [0.717, 1.165) is 44.1 Å². The highest BCUT2D eigenvalue weighted by atomic mass is 19.2. The van der Waals surface area contributed by atoms with Gasteiger partial charge in [-0.3, -0.25) is 4.99 Å². The maximum absolute atomic E-state index is 14.3. The van der Waals surface area contributed by atoms with E-state index in [9.17, 15) is 8.78 Å². The van der Waals surface area contributed by atoms with Gasteiger partial charge < -0.3 is 4.74 Å². The number of hydrogen-bond donors (Lipinski definition) is 0. The predicted octanol–water partition coefficient (Wildman–Crippen LogP) is 7.80. The molecule has 0 saturated carbocycles. The van der Waals surface area contributed by atoms with Crippen LogP contribution in [0.15, 0.2) is 41.4 Å². The van der Waals surface area contributed by atoms with Crippen LogP contribution in [0, 0.1) is 11.6 Å². The van der Waals surface area contributed by atoms with Crippen LogP contribution < -0.4 is 4.74 Å². The molecular formula is C25H33F2NO. The van der Waals surface area contributed by atoms with Crippen LogP contribution >= 0.6 is 0 Å². The van der Waals surface area contributed by atoms with Crippen molar-refractivity contribution >= 4 is 11.9 Å². The van der Waals surface area contributed by atoms with Crippen LogP contribution in [-0.2, 0) is 6.42 Å². The zero-order chi connectivity index (χ0) is 20.9. The number of hydrogen-bond acceptors (Lipinski definition) is 2. The molecule has 0 aliphatic carbocycles. The predicted molar refractivity (Wildman–Crippen MR) is 118 cm³/mol. The Morgan fingerprint density at radius 1 is 0.793 bits per heavy atom. The van der Waals surface area contributed by atoms with Crippen molar-refractivity contribution in [1.82, 2.24) is 0 Å². The third-order valence-electron chi connectivity index (χ3n) is 4.93. The first-order valence-corrected chi connectivity index (χ1v) is 10.9. The van der Waals surface area contributed by atoms with Crippen LogP contribution in [0.3, 0.4) is 0 Å². The summed E-state index contributed by atoms with van der Waals surface area (Å²) in [5.41, 5.74) is 2.10. The summed E-state index contributed by atoms with van der Waals surface area (Å²) in [5, 5.41) is 0. The molecule has 158 valence electrons. The number of benzene rings is 2. The topological polar surface area (TPSA) is 21.6 Å².